The van der Waals surface area contributed by atoms with Crippen molar-refractivity contribution in [1.82, 2.24) is 0 Å². The summed E-state index contributed by atoms with van der Waals surface area (Å²) in [4.78, 5) is 24.2. The Morgan fingerprint density at radius 1 is 1.14 bits per heavy atom. The van der Waals surface area contributed by atoms with Crippen molar-refractivity contribution in [1.29, 1.82) is 0 Å². The standard InChI is InChI=1S/C16H13ClN2O2/c17-10-5-7-11(8-6-10)18-16(21)13-9-15(20)19-14-4-2-1-3-12(13)14/h1-8,13H,9H2,(H,18,21)(H,19,20). The molecule has 1 aliphatic heterocycles. The van der Waals surface area contributed by atoms with E-state index in [1.165, 1.54) is 0 Å². The van der Waals surface area contributed by atoms with Crippen LogP contribution in [-0.2, 0) is 9.59 Å². The van der Waals surface area contributed by atoms with Gasteiger partial charge in [0.15, 0.2) is 0 Å². The van der Waals surface area contributed by atoms with Gasteiger partial charge in [-0.05, 0) is 35.9 Å². The maximum atomic E-state index is 12.4. The van der Waals surface area contributed by atoms with Crippen molar-refractivity contribution in [3.8, 4) is 0 Å². The minimum absolute atomic E-state index is 0.148. The van der Waals surface area contributed by atoms with Gasteiger partial charge in [0.25, 0.3) is 0 Å². The summed E-state index contributed by atoms with van der Waals surface area (Å²) in [6.07, 6.45) is 0.149. The third-order valence-electron chi connectivity index (χ3n) is 3.43. The van der Waals surface area contributed by atoms with Crippen LogP contribution in [0.1, 0.15) is 17.9 Å². The molecular formula is C16H13ClN2O2. The molecule has 0 saturated heterocycles. The Hall–Kier alpha value is -2.33. The average Bonchev–Trinajstić information content (AvgIpc) is 2.48. The van der Waals surface area contributed by atoms with Crippen LogP contribution in [0.15, 0.2) is 48.5 Å². The zero-order valence-corrected chi connectivity index (χ0v) is 11.9. The number of amides is 2. The molecule has 0 aromatic heterocycles. The lowest BCUT2D eigenvalue weighted by Gasteiger charge is -2.24. The van der Waals surface area contributed by atoms with Crippen LogP contribution in [0.4, 0.5) is 11.4 Å². The number of benzene rings is 2. The van der Waals surface area contributed by atoms with E-state index < -0.39 is 5.92 Å². The van der Waals surface area contributed by atoms with Crippen LogP contribution in [0, 0.1) is 0 Å². The molecule has 1 heterocycles. The van der Waals surface area contributed by atoms with Gasteiger partial charge in [0.05, 0.1) is 5.92 Å². The molecule has 2 amide bonds. The normalized spacial score (nSPS) is 16.8. The quantitative estimate of drug-likeness (QED) is 0.893. The first-order valence-electron chi connectivity index (χ1n) is 6.59. The highest BCUT2D eigenvalue weighted by Gasteiger charge is 2.30. The Labute approximate surface area is 127 Å². The first-order valence-corrected chi connectivity index (χ1v) is 6.96. The smallest absolute Gasteiger partial charge is 0.232 e. The molecule has 2 aromatic rings. The molecule has 0 radical (unpaired) electrons. The summed E-state index contributed by atoms with van der Waals surface area (Å²) in [5, 5.41) is 6.21. The molecule has 1 unspecified atom stereocenters. The summed E-state index contributed by atoms with van der Waals surface area (Å²) < 4.78 is 0. The molecule has 3 rings (SSSR count). The number of hydrogen-bond acceptors (Lipinski definition) is 2. The third kappa shape index (κ3) is 2.90. The number of carbonyl (C=O) groups is 2. The molecule has 106 valence electrons. The van der Waals surface area contributed by atoms with Gasteiger partial charge in [-0.2, -0.15) is 0 Å². The van der Waals surface area contributed by atoms with Crippen molar-refractivity contribution in [2.75, 3.05) is 10.6 Å². The minimum Gasteiger partial charge on any atom is -0.326 e. The van der Waals surface area contributed by atoms with Gasteiger partial charge in [0, 0.05) is 22.8 Å². The van der Waals surface area contributed by atoms with Crippen LogP contribution in [0.3, 0.4) is 0 Å². The molecular weight excluding hydrogens is 288 g/mol. The number of rotatable bonds is 2. The Morgan fingerprint density at radius 2 is 1.86 bits per heavy atom. The molecule has 0 fully saturated rings. The van der Waals surface area contributed by atoms with Gasteiger partial charge in [0.1, 0.15) is 0 Å². The molecule has 1 aliphatic rings. The van der Waals surface area contributed by atoms with Crippen molar-refractivity contribution in [2.24, 2.45) is 0 Å². The Kier molecular flexibility index (Phi) is 3.62. The number of anilines is 2. The largest absolute Gasteiger partial charge is 0.326 e. The van der Waals surface area contributed by atoms with Crippen molar-refractivity contribution in [3.63, 3.8) is 0 Å². The number of hydrogen-bond donors (Lipinski definition) is 2. The van der Waals surface area contributed by atoms with E-state index in [0.717, 1.165) is 5.56 Å². The fourth-order valence-electron chi connectivity index (χ4n) is 2.41. The van der Waals surface area contributed by atoms with Crippen LogP contribution < -0.4 is 10.6 Å². The van der Waals surface area contributed by atoms with Gasteiger partial charge in [-0.15, -0.1) is 0 Å². The van der Waals surface area contributed by atoms with Gasteiger partial charge < -0.3 is 10.6 Å². The summed E-state index contributed by atoms with van der Waals surface area (Å²) in [6, 6.07) is 14.2. The number of para-hydroxylation sites is 1. The van der Waals surface area contributed by atoms with Crippen molar-refractivity contribution in [2.45, 2.75) is 12.3 Å². The second-order valence-corrected chi connectivity index (χ2v) is 5.32. The number of nitrogens with one attached hydrogen (secondary N) is 2. The number of carbonyl (C=O) groups excluding carboxylic acids is 2. The molecule has 21 heavy (non-hydrogen) atoms. The zero-order chi connectivity index (χ0) is 14.8. The maximum Gasteiger partial charge on any atom is 0.232 e. The number of halogens is 1. The zero-order valence-electron chi connectivity index (χ0n) is 11.1. The summed E-state index contributed by atoms with van der Waals surface area (Å²) in [6.45, 7) is 0. The topological polar surface area (TPSA) is 58.2 Å². The van der Waals surface area contributed by atoms with Gasteiger partial charge in [-0.25, -0.2) is 0 Å². The average molecular weight is 301 g/mol. The first-order chi connectivity index (χ1) is 10.1. The van der Waals surface area contributed by atoms with Crippen LogP contribution in [0.5, 0.6) is 0 Å². The fraction of sp³-hybridized carbons (Fsp3) is 0.125. The van der Waals surface area contributed by atoms with E-state index in [9.17, 15) is 9.59 Å². The Bertz CT molecular complexity index is 698. The van der Waals surface area contributed by atoms with Crippen molar-refractivity contribution >= 4 is 34.8 Å². The third-order valence-corrected chi connectivity index (χ3v) is 3.68. The lowest BCUT2D eigenvalue weighted by atomic mass is 9.90. The van der Waals surface area contributed by atoms with Crippen molar-refractivity contribution < 1.29 is 9.59 Å². The van der Waals surface area contributed by atoms with E-state index in [1.54, 1.807) is 30.3 Å². The summed E-state index contributed by atoms with van der Waals surface area (Å²) in [5.74, 6) is -0.824. The molecule has 0 spiro atoms. The molecule has 1 atom stereocenters. The van der Waals surface area contributed by atoms with E-state index in [4.69, 9.17) is 11.6 Å². The van der Waals surface area contributed by atoms with Crippen LogP contribution in [0.2, 0.25) is 5.02 Å². The van der Waals surface area contributed by atoms with Crippen LogP contribution in [0.25, 0.3) is 0 Å². The molecule has 0 bridgehead atoms. The monoisotopic (exact) mass is 300 g/mol. The molecule has 4 nitrogen and oxygen atoms in total. The molecule has 2 aromatic carbocycles. The lowest BCUT2D eigenvalue weighted by molar-refractivity contribution is -0.123. The Morgan fingerprint density at radius 3 is 2.62 bits per heavy atom. The summed E-state index contributed by atoms with van der Waals surface area (Å²) >= 11 is 5.82. The van der Waals surface area contributed by atoms with E-state index >= 15 is 0 Å². The highest BCUT2D eigenvalue weighted by molar-refractivity contribution is 6.30. The molecule has 2 N–H and O–H groups in total. The molecule has 0 aliphatic carbocycles. The van der Waals surface area contributed by atoms with E-state index in [1.807, 2.05) is 18.2 Å². The highest BCUT2D eigenvalue weighted by Crippen LogP contribution is 2.32. The minimum atomic E-state index is -0.481. The van der Waals surface area contributed by atoms with Gasteiger partial charge in [-0.1, -0.05) is 29.8 Å². The lowest BCUT2D eigenvalue weighted by Crippen LogP contribution is -2.30. The fourth-order valence-corrected chi connectivity index (χ4v) is 2.53. The maximum absolute atomic E-state index is 12.4. The predicted molar refractivity (Wildman–Crippen MR) is 82.5 cm³/mol. The van der Waals surface area contributed by atoms with Gasteiger partial charge in [-0.3, -0.25) is 9.59 Å². The highest BCUT2D eigenvalue weighted by atomic mass is 35.5. The second-order valence-electron chi connectivity index (χ2n) is 4.89. The van der Waals surface area contributed by atoms with E-state index in [0.29, 0.717) is 16.4 Å². The Balaban J connectivity index is 1.84. The molecule has 5 heteroatoms. The number of fused-ring (bicyclic) bond motifs is 1. The van der Waals surface area contributed by atoms with Gasteiger partial charge in [0.2, 0.25) is 11.8 Å². The SMILES string of the molecule is O=C1CC(C(=O)Nc2ccc(Cl)cc2)c2ccccc2N1. The van der Waals surface area contributed by atoms with Crippen LogP contribution in [-0.4, -0.2) is 11.8 Å². The summed E-state index contributed by atoms with van der Waals surface area (Å²) in [7, 11) is 0. The van der Waals surface area contributed by atoms with Gasteiger partial charge >= 0.3 is 0 Å². The van der Waals surface area contributed by atoms with Crippen molar-refractivity contribution in [3.05, 3.63) is 59.1 Å². The van der Waals surface area contributed by atoms with E-state index in [-0.39, 0.29) is 18.2 Å². The predicted octanol–water partition coefficient (Wildman–Crippen LogP) is 3.40. The van der Waals surface area contributed by atoms with E-state index in [2.05, 4.69) is 10.6 Å². The molecule has 0 saturated carbocycles. The first kappa shape index (κ1) is 13.6. The second kappa shape index (κ2) is 5.58. The summed E-state index contributed by atoms with van der Waals surface area (Å²) in [5.41, 5.74) is 2.20. The van der Waals surface area contributed by atoms with Crippen LogP contribution >= 0.6 is 11.6 Å².